The average Bonchev–Trinajstić information content (AvgIpc) is 2.91. The van der Waals surface area contributed by atoms with Gasteiger partial charge in [-0.25, -0.2) is 0 Å². The van der Waals surface area contributed by atoms with Gasteiger partial charge in [0.1, 0.15) is 11.5 Å². The van der Waals surface area contributed by atoms with E-state index in [9.17, 15) is 19.8 Å². The molecule has 0 bridgehead atoms. The summed E-state index contributed by atoms with van der Waals surface area (Å²) in [5.74, 6) is -1.68. The van der Waals surface area contributed by atoms with Gasteiger partial charge in [-0.2, -0.15) is 0 Å². The summed E-state index contributed by atoms with van der Waals surface area (Å²) >= 11 is 0. The van der Waals surface area contributed by atoms with E-state index < -0.39 is 17.7 Å². The third-order valence-electron chi connectivity index (χ3n) is 4.31. The molecule has 1 aliphatic rings. The summed E-state index contributed by atoms with van der Waals surface area (Å²) in [5, 5.41) is 20.6. The lowest BCUT2D eigenvalue weighted by molar-refractivity contribution is -0.140. The van der Waals surface area contributed by atoms with Crippen LogP contribution in [0.4, 0.5) is 0 Å². The van der Waals surface area contributed by atoms with Crippen LogP contribution in [0.3, 0.4) is 0 Å². The van der Waals surface area contributed by atoms with E-state index in [2.05, 4.69) is 0 Å². The minimum absolute atomic E-state index is 0.00269. The Hall–Kier alpha value is -3.12. The van der Waals surface area contributed by atoms with Gasteiger partial charge in [0.25, 0.3) is 11.7 Å². The van der Waals surface area contributed by atoms with Crippen molar-refractivity contribution in [3.63, 3.8) is 0 Å². The average molecular weight is 353 g/mol. The second-order valence-corrected chi connectivity index (χ2v) is 5.95. The van der Waals surface area contributed by atoms with Crippen LogP contribution >= 0.6 is 0 Å². The summed E-state index contributed by atoms with van der Waals surface area (Å²) < 4.78 is 5.04. The first-order valence-electron chi connectivity index (χ1n) is 8.16. The van der Waals surface area contributed by atoms with Gasteiger partial charge in [-0.15, -0.1) is 0 Å². The van der Waals surface area contributed by atoms with E-state index in [-0.39, 0.29) is 30.2 Å². The molecular weight excluding hydrogens is 334 g/mol. The van der Waals surface area contributed by atoms with E-state index >= 15 is 0 Å². The maximum atomic E-state index is 12.6. The first kappa shape index (κ1) is 17.7. The summed E-state index contributed by atoms with van der Waals surface area (Å²) in [6, 6.07) is 14.1. The molecule has 1 fully saturated rings. The summed E-state index contributed by atoms with van der Waals surface area (Å²) in [5.41, 5.74) is 0.989. The number of nitrogens with zero attached hydrogens (tertiary/aromatic N) is 1. The van der Waals surface area contributed by atoms with Crippen LogP contribution in [0.25, 0.3) is 5.76 Å². The first-order valence-corrected chi connectivity index (χ1v) is 8.16. The maximum absolute atomic E-state index is 12.6. The second-order valence-electron chi connectivity index (χ2n) is 5.95. The van der Waals surface area contributed by atoms with Crippen molar-refractivity contribution in [1.29, 1.82) is 0 Å². The number of aliphatic hydroxyl groups excluding tert-OH is 1. The summed E-state index contributed by atoms with van der Waals surface area (Å²) in [7, 11) is 1.50. The number of phenolic OH excluding ortho intramolecular Hbond substituents is 1. The third kappa shape index (κ3) is 3.19. The Morgan fingerprint density at radius 3 is 2.50 bits per heavy atom. The molecule has 26 heavy (non-hydrogen) atoms. The van der Waals surface area contributed by atoms with E-state index in [1.807, 2.05) is 0 Å². The summed E-state index contributed by atoms with van der Waals surface area (Å²) in [6.45, 7) is 0.431. The maximum Gasteiger partial charge on any atom is 0.295 e. The number of methoxy groups -OCH3 is 1. The normalized spacial score (nSPS) is 19.1. The number of rotatable bonds is 5. The van der Waals surface area contributed by atoms with Crippen molar-refractivity contribution in [2.45, 2.75) is 6.04 Å². The molecule has 0 aliphatic carbocycles. The Morgan fingerprint density at radius 1 is 1.12 bits per heavy atom. The molecule has 1 amide bonds. The van der Waals surface area contributed by atoms with Gasteiger partial charge in [0.05, 0.1) is 18.2 Å². The van der Waals surface area contributed by atoms with Crippen molar-refractivity contribution in [3.8, 4) is 5.75 Å². The van der Waals surface area contributed by atoms with Crippen LogP contribution in [0.2, 0.25) is 0 Å². The number of carbonyl (C=O) groups excluding carboxylic acids is 2. The number of benzene rings is 2. The van der Waals surface area contributed by atoms with Crippen LogP contribution in [0, 0.1) is 0 Å². The number of hydrogen-bond donors (Lipinski definition) is 2. The number of ketones is 1. The van der Waals surface area contributed by atoms with Crippen LogP contribution in [-0.4, -0.2) is 47.1 Å². The minimum Gasteiger partial charge on any atom is -0.508 e. The Balaban J connectivity index is 2.16. The zero-order chi connectivity index (χ0) is 18.7. The standard InChI is InChI=1S/C20H19NO5/c1-26-11-10-21-17(14-8-5-9-15(22)12-14)16(19(24)20(21)25)18(23)13-6-3-2-4-7-13/h2-9,12,17,22-23H,10-11H2,1H3/t17-/m0/s1. The van der Waals surface area contributed by atoms with E-state index in [4.69, 9.17) is 4.74 Å². The van der Waals surface area contributed by atoms with Gasteiger partial charge < -0.3 is 19.8 Å². The van der Waals surface area contributed by atoms with E-state index in [0.29, 0.717) is 11.1 Å². The molecule has 2 aromatic rings. The molecule has 2 N–H and O–H groups in total. The lowest BCUT2D eigenvalue weighted by Crippen LogP contribution is -2.32. The zero-order valence-corrected chi connectivity index (χ0v) is 14.3. The van der Waals surface area contributed by atoms with Crippen LogP contribution in [-0.2, 0) is 14.3 Å². The molecule has 3 rings (SSSR count). The van der Waals surface area contributed by atoms with Crippen molar-refractivity contribution in [2.75, 3.05) is 20.3 Å². The number of amides is 1. The highest BCUT2D eigenvalue weighted by Gasteiger charge is 2.45. The first-order chi connectivity index (χ1) is 12.5. The van der Waals surface area contributed by atoms with Crippen LogP contribution < -0.4 is 0 Å². The molecule has 0 saturated carbocycles. The number of hydrogen-bond acceptors (Lipinski definition) is 5. The molecule has 0 radical (unpaired) electrons. The Bertz CT molecular complexity index is 860. The van der Waals surface area contributed by atoms with Gasteiger partial charge in [-0.05, 0) is 17.7 Å². The Labute approximate surface area is 150 Å². The topological polar surface area (TPSA) is 87.1 Å². The van der Waals surface area contributed by atoms with Crippen molar-refractivity contribution in [1.82, 2.24) is 4.90 Å². The predicted molar refractivity (Wildman–Crippen MR) is 95.4 cm³/mol. The number of aliphatic hydroxyl groups is 1. The number of likely N-dealkylation sites (tertiary alicyclic amines) is 1. The predicted octanol–water partition coefficient (Wildman–Crippen LogP) is 2.46. The van der Waals surface area contributed by atoms with Gasteiger partial charge in [-0.1, -0.05) is 42.5 Å². The highest BCUT2D eigenvalue weighted by atomic mass is 16.5. The second kappa shape index (κ2) is 7.41. The van der Waals surface area contributed by atoms with Crippen molar-refractivity contribution in [3.05, 3.63) is 71.3 Å². The monoisotopic (exact) mass is 353 g/mol. The lowest BCUT2D eigenvalue weighted by Gasteiger charge is -2.25. The SMILES string of the molecule is COCCN1C(=O)C(=O)C(=C(O)c2ccccc2)[C@@H]1c1cccc(O)c1. The highest BCUT2D eigenvalue weighted by Crippen LogP contribution is 2.39. The van der Waals surface area contributed by atoms with Gasteiger partial charge in [0.15, 0.2) is 0 Å². The molecule has 1 atom stereocenters. The fourth-order valence-electron chi connectivity index (χ4n) is 3.09. The van der Waals surface area contributed by atoms with Gasteiger partial charge in [0.2, 0.25) is 0 Å². The Kier molecular flexibility index (Phi) is 5.04. The number of Topliss-reactive ketones (excluding diaryl/α,β-unsaturated/α-hetero) is 1. The van der Waals surface area contributed by atoms with E-state index in [1.165, 1.54) is 24.1 Å². The lowest BCUT2D eigenvalue weighted by atomic mass is 9.95. The molecule has 6 nitrogen and oxygen atoms in total. The van der Waals surface area contributed by atoms with Crippen LogP contribution in [0.15, 0.2) is 60.2 Å². The van der Waals surface area contributed by atoms with Gasteiger partial charge in [-0.3, -0.25) is 9.59 Å². The Morgan fingerprint density at radius 2 is 1.85 bits per heavy atom. The highest BCUT2D eigenvalue weighted by molar-refractivity contribution is 6.46. The number of aromatic hydroxyl groups is 1. The van der Waals surface area contributed by atoms with E-state index in [1.54, 1.807) is 42.5 Å². The smallest absolute Gasteiger partial charge is 0.295 e. The van der Waals surface area contributed by atoms with Crippen molar-refractivity contribution < 1.29 is 24.5 Å². The molecule has 1 heterocycles. The zero-order valence-electron chi connectivity index (χ0n) is 14.3. The molecule has 1 saturated heterocycles. The molecule has 2 aromatic carbocycles. The molecule has 0 spiro atoms. The quantitative estimate of drug-likeness (QED) is 0.490. The fourth-order valence-corrected chi connectivity index (χ4v) is 3.09. The molecule has 0 unspecified atom stereocenters. The molecule has 0 aromatic heterocycles. The molecule has 1 aliphatic heterocycles. The number of phenols is 1. The molecular formula is C20H19NO5. The molecule has 134 valence electrons. The fraction of sp³-hybridized carbons (Fsp3) is 0.200. The van der Waals surface area contributed by atoms with Crippen LogP contribution in [0.5, 0.6) is 5.75 Å². The number of ether oxygens (including phenoxy) is 1. The van der Waals surface area contributed by atoms with E-state index in [0.717, 1.165) is 0 Å². The summed E-state index contributed by atoms with van der Waals surface area (Å²) in [6.07, 6.45) is 0. The number of carbonyl (C=O) groups is 2. The van der Waals surface area contributed by atoms with Gasteiger partial charge >= 0.3 is 0 Å². The third-order valence-corrected chi connectivity index (χ3v) is 4.31. The van der Waals surface area contributed by atoms with Crippen LogP contribution in [0.1, 0.15) is 17.2 Å². The molecule has 6 heteroatoms. The van der Waals surface area contributed by atoms with Crippen molar-refractivity contribution >= 4 is 17.4 Å². The minimum atomic E-state index is -0.794. The van der Waals surface area contributed by atoms with Gasteiger partial charge in [0, 0.05) is 19.2 Å². The largest absolute Gasteiger partial charge is 0.508 e. The summed E-state index contributed by atoms with van der Waals surface area (Å²) in [4.78, 5) is 26.5. The van der Waals surface area contributed by atoms with Crippen molar-refractivity contribution in [2.24, 2.45) is 0 Å².